The van der Waals surface area contributed by atoms with E-state index in [2.05, 4.69) is 25.3 Å². The zero-order chi connectivity index (χ0) is 14.0. The Morgan fingerprint density at radius 3 is 2.58 bits per heavy atom. The van der Waals surface area contributed by atoms with Crippen molar-refractivity contribution in [3.05, 3.63) is 28.5 Å². The summed E-state index contributed by atoms with van der Waals surface area (Å²) >= 11 is 2.15. The molecule has 1 aromatic heterocycles. The molecule has 3 nitrogen and oxygen atoms in total. The van der Waals surface area contributed by atoms with E-state index in [1.165, 1.54) is 6.42 Å². The quantitative estimate of drug-likeness (QED) is 0.475. The van der Waals surface area contributed by atoms with Gasteiger partial charge in [0.15, 0.2) is 0 Å². The minimum absolute atomic E-state index is 0.332. The van der Waals surface area contributed by atoms with Gasteiger partial charge in [0.1, 0.15) is 26.4 Å². The highest BCUT2D eigenvalue weighted by molar-refractivity contribution is 9.10. The number of halogens is 1. The average molecular weight is 343 g/mol. The van der Waals surface area contributed by atoms with Crippen molar-refractivity contribution in [3.8, 4) is 0 Å². The molecule has 1 unspecified atom stereocenters. The molecule has 1 heterocycles. The lowest BCUT2D eigenvalue weighted by Crippen LogP contribution is -2.30. The van der Waals surface area contributed by atoms with Gasteiger partial charge in [-0.15, -0.1) is 0 Å². The summed E-state index contributed by atoms with van der Waals surface area (Å²) in [5.41, 5.74) is 1.75. The molecule has 0 spiro atoms. The second-order valence-electron chi connectivity index (χ2n) is 5.81. The Bertz CT molecular complexity index is 481. The number of hydrogen-bond donors (Lipinski definition) is 0. The largest absolute Gasteiger partial charge is 0.591 e. The van der Waals surface area contributed by atoms with Gasteiger partial charge in [-0.25, -0.2) is 4.98 Å². The van der Waals surface area contributed by atoms with E-state index in [1.807, 2.05) is 39.0 Å². The summed E-state index contributed by atoms with van der Waals surface area (Å²) in [6.45, 7) is 5.83. The maximum atomic E-state index is 12.3. The third-order valence-electron chi connectivity index (χ3n) is 3.17. The fourth-order valence-corrected chi connectivity index (χ4v) is 2.83. The number of nitrogens with zero attached hydrogens (tertiary/aromatic N) is 2. The molecule has 1 atom stereocenters. The first-order valence-corrected chi connectivity index (χ1v) is 8.41. The second kappa shape index (κ2) is 5.94. The van der Waals surface area contributed by atoms with E-state index in [1.54, 1.807) is 0 Å². The third kappa shape index (κ3) is 3.80. The van der Waals surface area contributed by atoms with Crippen molar-refractivity contribution in [1.29, 1.82) is 0 Å². The standard InChI is InChI=1S/C14H19BrN2OS/c1-14(2,3)19(18)17-13(10-6-4-7-10)11-8-5-9-12(15)16-11/h5,8-10H,4,6-7H2,1-3H3/b17-13-. The Morgan fingerprint density at radius 1 is 1.42 bits per heavy atom. The highest BCUT2D eigenvalue weighted by Crippen LogP contribution is 2.32. The van der Waals surface area contributed by atoms with Gasteiger partial charge in [-0.05, 0) is 61.7 Å². The van der Waals surface area contributed by atoms with E-state index >= 15 is 0 Å². The fourth-order valence-electron chi connectivity index (χ4n) is 1.79. The molecule has 2 rings (SSSR count). The summed E-state index contributed by atoms with van der Waals surface area (Å²) in [5.74, 6) is 0.410. The van der Waals surface area contributed by atoms with E-state index in [9.17, 15) is 4.55 Å². The smallest absolute Gasteiger partial charge is 0.144 e. The lowest BCUT2D eigenvalue weighted by molar-refractivity contribution is 0.413. The molecule has 104 valence electrons. The molecule has 0 aromatic carbocycles. The van der Waals surface area contributed by atoms with Gasteiger partial charge in [0.2, 0.25) is 0 Å². The predicted octanol–water partition coefficient (Wildman–Crippen LogP) is 3.90. The van der Waals surface area contributed by atoms with Gasteiger partial charge in [-0.3, -0.25) is 0 Å². The number of rotatable bonds is 3. The predicted molar refractivity (Wildman–Crippen MR) is 83.7 cm³/mol. The average Bonchev–Trinajstić information content (AvgIpc) is 2.24. The van der Waals surface area contributed by atoms with Crippen molar-refractivity contribution >= 4 is 33.0 Å². The van der Waals surface area contributed by atoms with Gasteiger partial charge in [-0.1, -0.05) is 16.9 Å². The summed E-state index contributed by atoms with van der Waals surface area (Å²) in [6, 6.07) is 5.78. The SMILES string of the molecule is CC(C)(C)[S+]([O-])/N=C(\c1cccc(Br)n1)C1CCC1. The summed E-state index contributed by atoms with van der Waals surface area (Å²) in [4.78, 5) is 4.46. The molecule has 0 bridgehead atoms. The van der Waals surface area contributed by atoms with Gasteiger partial charge < -0.3 is 4.55 Å². The Balaban J connectivity index is 2.33. The van der Waals surface area contributed by atoms with Crippen LogP contribution < -0.4 is 0 Å². The first-order valence-electron chi connectivity index (χ1n) is 6.51. The molecule has 1 aliphatic rings. The maximum Gasteiger partial charge on any atom is 0.144 e. The minimum atomic E-state index is -1.23. The molecular weight excluding hydrogens is 324 g/mol. The molecule has 5 heteroatoms. The van der Waals surface area contributed by atoms with Crippen molar-refractivity contribution in [2.75, 3.05) is 0 Å². The Hall–Kier alpha value is -0.390. The van der Waals surface area contributed by atoms with Crippen molar-refractivity contribution in [2.24, 2.45) is 10.3 Å². The van der Waals surface area contributed by atoms with Crippen LogP contribution in [0.25, 0.3) is 0 Å². The zero-order valence-corrected chi connectivity index (χ0v) is 13.9. The van der Waals surface area contributed by atoms with E-state index in [4.69, 9.17) is 0 Å². The molecule has 19 heavy (non-hydrogen) atoms. The lowest BCUT2D eigenvalue weighted by atomic mass is 9.80. The molecule has 1 fully saturated rings. The topological polar surface area (TPSA) is 48.3 Å². The highest BCUT2D eigenvalue weighted by atomic mass is 79.9. The highest BCUT2D eigenvalue weighted by Gasteiger charge is 2.32. The number of pyridine rings is 1. The van der Waals surface area contributed by atoms with Crippen LogP contribution in [0.4, 0.5) is 0 Å². The molecule has 0 saturated heterocycles. The molecule has 0 aliphatic heterocycles. The maximum absolute atomic E-state index is 12.3. The van der Waals surface area contributed by atoms with Crippen LogP contribution in [0.3, 0.4) is 0 Å². The van der Waals surface area contributed by atoms with Crippen molar-refractivity contribution in [3.63, 3.8) is 0 Å². The Morgan fingerprint density at radius 2 is 2.11 bits per heavy atom. The van der Waals surface area contributed by atoms with Crippen LogP contribution in [0, 0.1) is 5.92 Å². The van der Waals surface area contributed by atoms with Gasteiger partial charge >= 0.3 is 0 Å². The zero-order valence-electron chi connectivity index (χ0n) is 11.5. The van der Waals surface area contributed by atoms with Crippen LogP contribution in [-0.2, 0) is 11.4 Å². The molecule has 0 radical (unpaired) electrons. The van der Waals surface area contributed by atoms with Crippen LogP contribution in [0.5, 0.6) is 0 Å². The third-order valence-corrected chi connectivity index (χ3v) is 5.03. The Kier molecular flexibility index (Phi) is 4.69. The van der Waals surface area contributed by atoms with Crippen molar-refractivity contribution in [1.82, 2.24) is 4.98 Å². The van der Waals surface area contributed by atoms with E-state index in [0.29, 0.717) is 5.92 Å². The lowest BCUT2D eigenvalue weighted by Gasteiger charge is -2.27. The number of hydrogen-bond acceptors (Lipinski definition) is 3. The van der Waals surface area contributed by atoms with Gasteiger partial charge in [0.05, 0.1) is 5.69 Å². The van der Waals surface area contributed by atoms with Crippen LogP contribution in [-0.4, -0.2) is 20.0 Å². The van der Waals surface area contributed by atoms with Crippen LogP contribution in [0.15, 0.2) is 27.2 Å². The van der Waals surface area contributed by atoms with Gasteiger partial charge in [0, 0.05) is 5.92 Å². The summed E-state index contributed by atoms with van der Waals surface area (Å²) in [6.07, 6.45) is 3.46. The molecule has 1 saturated carbocycles. The molecule has 1 aliphatic carbocycles. The monoisotopic (exact) mass is 342 g/mol. The van der Waals surface area contributed by atoms with Gasteiger partial charge in [0.25, 0.3) is 0 Å². The fraction of sp³-hybridized carbons (Fsp3) is 0.571. The summed E-state index contributed by atoms with van der Waals surface area (Å²) in [5, 5.41) is 0. The van der Waals surface area contributed by atoms with Crippen LogP contribution in [0.1, 0.15) is 45.7 Å². The molecular formula is C14H19BrN2OS. The van der Waals surface area contributed by atoms with Gasteiger partial charge in [-0.2, -0.15) is 0 Å². The van der Waals surface area contributed by atoms with E-state index in [-0.39, 0.29) is 4.75 Å². The summed E-state index contributed by atoms with van der Waals surface area (Å²) < 4.78 is 17.2. The Labute approximate surface area is 126 Å². The summed E-state index contributed by atoms with van der Waals surface area (Å²) in [7, 11) is 0. The van der Waals surface area contributed by atoms with E-state index < -0.39 is 11.4 Å². The second-order valence-corrected chi connectivity index (χ2v) is 8.53. The molecule has 0 amide bonds. The molecule has 0 N–H and O–H groups in total. The number of aromatic nitrogens is 1. The first-order chi connectivity index (χ1) is 8.88. The minimum Gasteiger partial charge on any atom is -0.591 e. The van der Waals surface area contributed by atoms with Crippen molar-refractivity contribution in [2.45, 2.75) is 44.8 Å². The first kappa shape index (κ1) is 15.0. The molecule has 1 aromatic rings. The van der Waals surface area contributed by atoms with Crippen LogP contribution >= 0.6 is 15.9 Å². The van der Waals surface area contributed by atoms with Crippen molar-refractivity contribution < 1.29 is 4.55 Å². The van der Waals surface area contributed by atoms with Crippen LogP contribution in [0.2, 0.25) is 0 Å². The normalized spacial score (nSPS) is 19.1. The van der Waals surface area contributed by atoms with E-state index in [0.717, 1.165) is 28.9 Å².